The van der Waals surface area contributed by atoms with E-state index < -0.39 is 0 Å². The Morgan fingerprint density at radius 1 is 1.26 bits per heavy atom. The lowest BCUT2D eigenvalue weighted by atomic mass is 10.1. The Balaban J connectivity index is 1.82. The van der Waals surface area contributed by atoms with Crippen LogP contribution in [0.1, 0.15) is 19.4 Å². The molecule has 0 saturated carbocycles. The van der Waals surface area contributed by atoms with E-state index in [1.807, 2.05) is 12.4 Å². The predicted molar refractivity (Wildman–Crippen MR) is 79.1 cm³/mol. The first-order valence-electron chi connectivity index (χ1n) is 6.87. The third kappa shape index (κ3) is 4.30. The van der Waals surface area contributed by atoms with Crippen molar-refractivity contribution in [3.8, 4) is 0 Å². The number of hydrogen-bond donors (Lipinski definition) is 1. The fourth-order valence-electron chi connectivity index (χ4n) is 2.03. The Hall–Kier alpha value is -1.45. The average molecular weight is 258 g/mol. The zero-order valence-electron chi connectivity index (χ0n) is 11.7. The standard InChI is InChI=1S/C16H22N2O/c1-13(2)12-19-9-8-18-11-15-5-3-4-14-10-17-7-6-16(14)15/h3-7,10,13,18H,8-9,11-12H2,1-2H3. The van der Waals surface area contributed by atoms with E-state index in [4.69, 9.17) is 4.74 Å². The topological polar surface area (TPSA) is 34.1 Å². The number of aromatic nitrogens is 1. The summed E-state index contributed by atoms with van der Waals surface area (Å²) in [6, 6.07) is 8.40. The molecule has 0 bridgehead atoms. The van der Waals surface area contributed by atoms with Crippen molar-refractivity contribution in [3.05, 3.63) is 42.2 Å². The average Bonchev–Trinajstić information content (AvgIpc) is 2.42. The third-order valence-electron chi connectivity index (χ3n) is 2.96. The molecule has 0 aliphatic carbocycles. The number of pyridine rings is 1. The van der Waals surface area contributed by atoms with E-state index in [9.17, 15) is 0 Å². The minimum absolute atomic E-state index is 0.602. The van der Waals surface area contributed by atoms with Crippen molar-refractivity contribution < 1.29 is 4.74 Å². The summed E-state index contributed by atoms with van der Waals surface area (Å²) >= 11 is 0. The molecule has 3 nitrogen and oxygen atoms in total. The minimum Gasteiger partial charge on any atom is -0.380 e. The Kier molecular flexibility index (Phi) is 5.31. The summed E-state index contributed by atoms with van der Waals surface area (Å²) in [5.41, 5.74) is 1.31. The summed E-state index contributed by atoms with van der Waals surface area (Å²) in [6.45, 7) is 7.68. The molecule has 2 aromatic rings. The molecule has 19 heavy (non-hydrogen) atoms. The molecule has 0 atom stereocenters. The van der Waals surface area contributed by atoms with E-state index in [-0.39, 0.29) is 0 Å². The quantitative estimate of drug-likeness (QED) is 0.775. The molecule has 0 saturated heterocycles. The lowest BCUT2D eigenvalue weighted by molar-refractivity contribution is 0.111. The van der Waals surface area contributed by atoms with Crippen molar-refractivity contribution in [1.29, 1.82) is 0 Å². The van der Waals surface area contributed by atoms with Crippen LogP contribution in [0, 0.1) is 5.92 Å². The molecule has 0 radical (unpaired) electrons. The molecule has 0 fully saturated rings. The zero-order chi connectivity index (χ0) is 13.5. The molecule has 2 rings (SSSR count). The second-order valence-corrected chi connectivity index (χ2v) is 5.16. The second kappa shape index (κ2) is 7.22. The van der Waals surface area contributed by atoms with Crippen molar-refractivity contribution in [2.45, 2.75) is 20.4 Å². The molecule has 0 amide bonds. The molecular weight excluding hydrogens is 236 g/mol. The maximum Gasteiger partial charge on any atom is 0.0591 e. The lowest BCUT2D eigenvalue weighted by Gasteiger charge is -2.09. The number of hydrogen-bond acceptors (Lipinski definition) is 3. The van der Waals surface area contributed by atoms with Crippen molar-refractivity contribution in [2.75, 3.05) is 19.8 Å². The van der Waals surface area contributed by atoms with Gasteiger partial charge in [0.25, 0.3) is 0 Å². The molecule has 1 N–H and O–H groups in total. The SMILES string of the molecule is CC(C)COCCNCc1cccc2cnccc12. The summed E-state index contributed by atoms with van der Waals surface area (Å²) in [5, 5.41) is 5.89. The summed E-state index contributed by atoms with van der Waals surface area (Å²) < 4.78 is 5.55. The highest BCUT2D eigenvalue weighted by atomic mass is 16.5. The molecule has 102 valence electrons. The van der Waals surface area contributed by atoms with Crippen molar-refractivity contribution in [3.63, 3.8) is 0 Å². The van der Waals surface area contributed by atoms with Crippen molar-refractivity contribution in [1.82, 2.24) is 10.3 Å². The molecule has 0 aliphatic heterocycles. The van der Waals surface area contributed by atoms with Crippen LogP contribution in [0.5, 0.6) is 0 Å². The first-order valence-corrected chi connectivity index (χ1v) is 6.87. The van der Waals surface area contributed by atoms with Gasteiger partial charge in [0.1, 0.15) is 0 Å². The Morgan fingerprint density at radius 3 is 3.00 bits per heavy atom. The van der Waals surface area contributed by atoms with Crippen molar-refractivity contribution in [2.24, 2.45) is 5.92 Å². The molecule has 1 aromatic heterocycles. The zero-order valence-corrected chi connectivity index (χ0v) is 11.7. The molecule has 1 aromatic carbocycles. The highest BCUT2D eigenvalue weighted by Gasteiger charge is 2.00. The fraction of sp³-hybridized carbons (Fsp3) is 0.438. The van der Waals surface area contributed by atoms with E-state index in [2.05, 4.69) is 48.4 Å². The summed E-state index contributed by atoms with van der Waals surface area (Å²) in [6.07, 6.45) is 3.75. The third-order valence-corrected chi connectivity index (χ3v) is 2.96. The lowest BCUT2D eigenvalue weighted by Crippen LogP contribution is -2.20. The largest absolute Gasteiger partial charge is 0.380 e. The van der Waals surface area contributed by atoms with Crippen LogP contribution in [0.4, 0.5) is 0 Å². The molecular formula is C16H22N2O. The highest BCUT2D eigenvalue weighted by molar-refractivity contribution is 5.84. The van der Waals surface area contributed by atoms with E-state index in [0.717, 1.165) is 26.3 Å². The van der Waals surface area contributed by atoms with Gasteiger partial charge in [-0.05, 0) is 22.9 Å². The van der Waals surface area contributed by atoms with Crippen molar-refractivity contribution >= 4 is 10.8 Å². The van der Waals surface area contributed by atoms with Crippen LogP contribution in [0.15, 0.2) is 36.7 Å². The van der Waals surface area contributed by atoms with Crippen LogP contribution < -0.4 is 5.32 Å². The van der Waals surface area contributed by atoms with E-state index in [0.29, 0.717) is 5.92 Å². The summed E-state index contributed by atoms with van der Waals surface area (Å²) in [5.74, 6) is 0.602. The van der Waals surface area contributed by atoms with E-state index >= 15 is 0 Å². The number of rotatable bonds is 7. The maximum atomic E-state index is 5.55. The van der Waals surface area contributed by atoms with Gasteiger partial charge in [0, 0.05) is 37.5 Å². The van der Waals surface area contributed by atoms with E-state index in [1.165, 1.54) is 16.3 Å². The summed E-state index contributed by atoms with van der Waals surface area (Å²) in [7, 11) is 0. The van der Waals surface area contributed by atoms with Crippen LogP contribution in [0.2, 0.25) is 0 Å². The van der Waals surface area contributed by atoms with Gasteiger partial charge in [-0.2, -0.15) is 0 Å². The van der Waals surface area contributed by atoms with Gasteiger partial charge in [0.05, 0.1) is 6.61 Å². The number of benzene rings is 1. The molecule has 0 unspecified atom stereocenters. The Bertz CT molecular complexity index is 506. The van der Waals surface area contributed by atoms with Crippen LogP contribution in [0.3, 0.4) is 0 Å². The molecule has 0 spiro atoms. The van der Waals surface area contributed by atoms with Gasteiger partial charge >= 0.3 is 0 Å². The smallest absolute Gasteiger partial charge is 0.0591 e. The highest BCUT2D eigenvalue weighted by Crippen LogP contribution is 2.16. The first-order chi connectivity index (χ1) is 9.27. The van der Waals surface area contributed by atoms with Gasteiger partial charge in [0.15, 0.2) is 0 Å². The fourth-order valence-corrected chi connectivity index (χ4v) is 2.03. The maximum absolute atomic E-state index is 5.55. The van der Waals surface area contributed by atoms with Gasteiger partial charge in [-0.3, -0.25) is 4.98 Å². The second-order valence-electron chi connectivity index (χ2n) is 5.16. The number of fused-ring (bicyclic) bond motifs is 1. The number of ether oxygens (including phenoxy) is 1. The summed E-state index contributed by atoms with van der Waals surface area (Å²) in [4.78, 5) is 4.15. The first kappa shape index (κ1) is 14.0. The Morgan fingerprint density at radius 2 is 2.16 bits per heavy atom. The van der Waals surface area contributed by atoms with Gasteiger partial charge < -0.3 is 10.1 Å². The van der Waals surface area contributed by atoms with Gasteiger partial charge in [-0.25, -0.2) is 0 Å². The number of nitrogens with zero attached hydrogens (tertiary/aromatic N) is 1. The van der Waals surface area contributed by atoms with Crippen LogP contribution in [-0.4, -0.2) is 24.7 Å². The number of nitrogens with one attached hydrogen (secondary N) is 1. The minimum atomic E-state index is 0.602. The van der Waals surface area contributed by atoms with Gasteiger partial charge in [-0.15, -0.1) is 0 Å². The monoisotopic (exact) mass is 258 g/mol. The van der Waals surface area contributed by atoms with Gasteiger partial charge in [-0.1, -0.05) is 32.0 Å². The predicted octanol–water partition coefficient (Wildman–Crippen LogP) is 3.00. The molecule has 0 aliphatic rings. The van der Waals surface area contributed by atoms with Crippen LogP contribution in [-0.2, 0) is 11.3 Å². The normalized spacial score (nSPS) is 11.3. The van der Waals surface area contributed by atoms with Gasteiger partial charge in [0.2, 0.25) is 0 Å². The Labute approximate surface area is 115 Å². The van der Waals surface area contributed by atoms with Crippen LogP contribution in [0.25, 0.3) is 10.8 Å². The van der Waals surface area contributed by atoms with E-state index in [1.54, 1.807) is 0 Å². The molecule has 3 heteroatoms. The van der Waals surface area contributed by atoms with Crippen LogP contribution >= 0.6 is 0 Å². The molecule has 1 heterocycles.